The van der Waals surface area contributed by atoms with Crippen molar-refractivity contribution in [3.63, 3.8) is 0 Å². The van der Waals surface area contributed by atoms with E-state index in [2.05, 4.69) is 0 Å². The van der Waals surface area contributed by atoms with Gasteiger partial charge in [-0.1, -0.05) is 0 Å². The fourth-order valence-corrected chi connectivity index (χ4v) is 1.23. The van der Waals surface area contributed by atoms with E-state index in [1.54, 1.807) is 13.8 Å². The summed E-state index contributed by atoms with van der Waals surface area (Å²) >= 11 is 0. The maximum atomic E-state index is 11.2. The summed E-state index contributed by atoms with van der Waals surface area (Å²) in [5.74, 6) is -0.754. The van der Waals surface area contributed by atoms with E-state index in [1.165, 1.54) is 0 Å². The first-order chi connectivity index (χ1) is 6.15. The van der Waals surface area contributed by atoms with Gasteiger partial charge in [-0.2, -0.15) is 0 Å². The van der Waals surface area contributed by atoms with E-state index in [9.17, 15) is 9.59 Å². The van der Waals surface area contributed by atoms with Crippen molar-refractivity contribution >= 4 is 11.8 Å². The molecule has 1 heterocycles. The van der Waals surface area contributed by atoms with Crippen LogP contribution in [0.4, 0.5) is 0 Å². The predicted molar refractivity (Wildman–Crippen MR) is 45.2 cm³/mol. The summed E-state index contributed by atoms with van der Waals surface area (Å²) in [6.45, 7) is 4.08. The first kappa shape index (κ1) is 10.2. The molecule has 0 amide bonds. The Bertz CT molecular complexity index is 212. The molecule has 0 saturated carbocycles. The van der Waals surface area contributed by atoms with Gasteiger partial charge in [0.25, 0.3) is 0 Å². The number of Topliss-reactive ketones (excluding diaryl/α,β-unsaturated/α-hetero) is 1. The minimum absolute atomic E-state index is 0.0238. The van der Waals surface area contributed by atoms with Crippen molar-refractivity contribution in [2.75, 3.05) is 13.2 Å². The molecule has 2 atom stereocenters. The third-order valence-corrected chi connectivity index (χ3v) is 2.07. The molecule has 0 N–H and O–H groups in total. The SMILES string of the molecule is CCOC(=O)[C@H]1CO[C@@H](C)C(=O)C1. The fraction of sp³-hybridized carbons (Fsp3) is 0.778. The fourth-order valence-electron chi connectivity index (χ4n) is 1.23. The van der Waals surface area contributed by atoms with Gasteiger partial charge in [-0.05, 0) is 13.8 Å². The van der Waals surface area contributed by atoms with Crippen LogP contribution in [0.25, 0.3) is 0 Å². The molecule has 1 aliphatic rings. The molecule has 0 unspecified atom stereocenters. The zero-order chi connectivity index (χ0) is 9.84. The number of rotatable bonds is 2. The van der Waals surface area contributed by atoms with E-state index in [0.29, 0.717) is 13.2 Å². The molecule has 0 aliphatic carbocycles. The van der Waals surface area contributed by atoms with E-state index >= 15 is 0 Å². The van der Waals surface area contributed by atoms with Crippen molar-refractivity contribution in [2.45, 2.75) is 26.4 Å². The van der Waals surface area contributed by atoms with E-state index in [-0.39, 0.29) is 24.3 Å². The van der Waals surface area contributed by atoms with Crippen LogP contribution in [0.2, 0.25) is 0 Å². The predicted octanol–water partition coefficient (Wildman–Crippen LogP) is 0.544. The quantitative estimate of drug-likeness (QED) is 0.591. The van der Waals surface area contributed by atoms with Gasteiger partial charge in [-0.3, -0.25) is 9.59 Å². The lowest BCUT2D eigenvalue weighted by atomic mass is 9.98. The molecule has 13 heavy (non-hydrogen) atoms. The van der Waals surface area contributed by atoms with Gasteiger partial charge in [0.05, 0.1) is 19.1 Å². The van der Waals surface area contributed by atoms with Gasteiger partial charge in [-0.15, -0.1) is 0 Å². The lowest BCUT2D eigenvalue weighted by molar-refractivity contribution is -0.159. The van der Waals surface area contributed by atoms with Crippen molar-refractivity contribution in [2.24, 2.45) is 5.92 Å². The second kappa shape index (κ2) is 4.37. The molecule has 4 heteroatoms. The highest BCUT2D eigenvalue weighted by atomic mass is 16.5. The Morgan fingerprint density at radius 1 is 1.69 bits per heavy atom. The van der Waals surface area contributed by atoms with Crippen LogP contribution in [0.3, 0.4) is 0 Å². The number of ketones is 1. The summed E-state index contributed by atoms with van der Waals surface area (Å²) < 4.78 is 9.91. The summed E-state index contributed by atoms with van der Waals surface area (Å²) in [6, 6.07) is 0. The number of hydrogen-bond donors (Lipinski definition) is 0. The van der Waals surface area contributed by atoms with E-state index in [0.717, 1.165) is 0 Å². The smallest absolute Gasteiger partial charge is 0.311 e. The first-order valence-corrected chi connectivity index (χ1v) is 4.46. The average molecular weight is 186 g/mol. The molecular formula is C9H14O4. The molecule has 1 fully saturated rings. The molecule has 1 rings (SSSR count). The molecule has 1 aliphatic heterocycles. The van der Waals surface area contributed by atoms with Crippen LogP contribution in [0.1, 0.15) is 20.3 Å². The topological polar surface area (TPSA) is 52.6 Å². The molecule has 0 spiro atoms. The van der Waals surface area contributed by atoms with Crippen molar-refractivity contribution in [3.05, 3.63) is 0 Å². The van der Waals surface area contributed by atoms with Gasteiger partial charge in [0.2, 0.25) is 0 Å². The zero-order valence-corrected chi connectivity index (χ0v) is 7.91. The summed E-state index contributed by atoms with van der Waals surface area (Å²) in [7, 11) is 0. The first-order valence-electron chi connectivity index (χ1n) is 4.46. The second-order valence-corrected chi connectivity index (χ2v) is 3.09. The monoisotopic (exact) mass is 186 g/mol. The molecule has 0 aromatic heterocycles. The molecule has 1 saturated heterocycles. The Morgan fingerprint density at radius 3 is 2.92 bits per heavy atom. The van der Waals surface area contributed by atoms with Gasteiger partial charge < -0.3 is 9.47 Å². The number of hydrogen-bond acceptors (Lipinski definition) is 4. The standard InChI is InChI=1S/C9H14O4/c1-3-12-9(11)7-4-8(10)6(2)13-5-7/h6-7H,3-5H2,1-2H3/t6-,7+/m0/s1. The largest absolute Gasteiger partial charge is 0.466 e. The molecular weight excluding hydrogens is 172 g/mol. The summed E-state index contributed by atoms with van der Waals surface area (Å²) in [6.07, 6.45) is -0.120. The van der Waals surface area contributed by atoms with Crippen LogP contribution in [0.5, 0.6) is 0 Å². The van der Waals surface area contributed by atoms with Gasteiger partial charge in [0.1, 0.15) is 6.10 Å². The second-order valence-electron chi connectivity index (χ2n) is 3.09. The van der Waals surface area contributed by atoms with Crippen LogP contribution in [0, 0.1) is 5.92 Å². The highest BCUT2D eigenvalue weighted by molar-refractivity contribution is 5.88. The number of carbonyl (C=O) groups is 2. The van der Waals surface area contributed by atoms with Crippen molar-refractivity contribution in [1.29, 1.82) is 0 Å². The van der Waals surface area contributed by atoms with Gasteiger partial charge >= 0.3 is 5.97 Å². The zero-order valence-electron chi connectivity index (χ0n) is 7.91. The maximum Gasteiger partial charge on any atom is 0.311 e. The van der Waals surface area contributed by atoms with E-state index in [4.69, 9.17) is 9.47 Å². The number of ether oxygens (including phenoxy) is 2. The van der Waals surface area contributed by atoms with Crippen LogP contribution >= 0.6 is 0 Å². The molecule has 0 aromatic carbocycles. The Balaban J connectivity index is 2.45. The molecule has 74 valence electrons. The molecule has 0 aromatic rings. The van der Waals surface area contributed by atoms with Gasteiger partial charge in [0.15, 0.2) is 5.78 Å². The lowest BCUT2D eigenvalue weighted by Crippen LogP contribution is -2.37. The third-order valence-electron chi connectivity index (χ3n) is 2.07. The average Bonchev–Trinajstić information content (AvgIpc) is 2.10. The minimum Gasteiger partial charge on any atom is -0.466 e. The highest BCUT2D eigenvalue weighted by Crippen LogP contribution is 2.16. The normalized spacial score (nSPS) is 28.6. The van der Waals surface area contributed by atoms with E-state index < -0.39 is 5.92 Å². The van der Waals surface area contributed by atoms with E-state index in [1.807, 2.05) is 0 Å². The van der Waals surface area contributed by atoms with Crippen LogP contribution < -0.4 is 0 Å². The molecule has 0 bridgehead atoms. The van der Waals surface area contributed by atoms with Crippen molar-refractivity contribution < 1.29 is 19.1 Å². The van der Waals surface area contributed by atoms with Crippen molar-refractivity contribution in [1.82, 2.24) is 0 Å². The van der Waals surface area contributed by atoms with Gasteiger partial charge in [0, 0.05) is 6.42 Å². The molecule has 4 nitrogen and oxygen atoms in total. The summed E-state index contributed by atoms with van der Waals surface area (Å²) in [5, 5.41) is 0. The maximum absolute atomic E-state index is 11.2. The minimum atomic E-state index is -0.399. The summed E-state index contributed by atoms with van der Waals surface area (Å²) in [5.41, 5.74) is 0. The highest BCUT2D eigenvalue weighted by Gasteiger charge is 2.31. The molecule has 0 radical (unpaired) electrons. The third kappa shape index (κ3) is 2.52. The number of carbonyl (C=O) groups excluding carboxylic acids is 2. The van der Waals surface area contributed by atoms with Crippen LogP contribution in [-0.4, -0.2) is 31.1 Å². The Kier molecular flexibility index (Phi) is 3.42. The number of esters is 1. The van der Waals surface area contributed by atoms with Gasteiger partial charge in [-0.25, -0.2) is 0 Å². The van der Waals surface area contributed by atoms with Crippen LogP contribution in [0.15, 0.2) is 0 Å². The lowest BCUT2D eigenvalue weighted by Gasteiger charge is -2.23. The van der Waals surface area contributed by atoms with Crippen molar-refractivity contribution in [3.8, 4) is 0 Å². The van der Waals surface area contributed by atoms with Crippen LogP contribution in [-0.2, 0) is 19.1 Å². The Labute approximate surface area is 77.2 Å². The Hall–Kier alpha value is -0.900. The Morgan fingerprint density at radius 2 is 2.38 bits per heavy atom. The summed E-state index contributed by atoms with van der Waals surface area (Å²) in [4.78, 5) is 22.4.